The van der Waals surface area contributed by atoms with E-state index >= 15 is 0 Å². The Morgan fingerprint density at radius 2 is 1.68 bits per heavy atom. The minimum absolute atomic E-state index is 0.0892. The molecule has 184 valence electrons. The van der Waals surface area contributed by atoms with E-state index in [0.29, 0.717) is 0 Å². The molecule has 1 aliphatic rings. The van der Waals surface area contributed by atoms with E-state index < -0.39 is 34.3 Å². The van der Waals surface area contributed by atoms with Gasteiger partial charge in [0.2, 0.25) is 21.8 Å². The lowest BCUT2D eigenvalue weighted by Gasteiger charge is -2.32. The minimum Gasteiger partial charge on any atom is -0.352 e. The van der Waals surface area contributed by atoms with Gasteiger partial charge in [0.1, 0.15) is 18.4 Å². The molecule has 1 saturated carbocycles. The molecule has 2 aromatic rings. The third-order valence-corrected chi connectivity index (χ3v) is 7.60. The quantitative estimate of drug-likeness (QED) is 0.511. The third kappa shape index (κ3) is 7.02. The lowest BCUT2D eigenvalue weighted by Crippen LogP contribution is -2.52. The van der Waals surface area contributed by atoms with Crippen molar-refractivity contribution >= 4 is 43.5 Å². The summed E-state index contributed by atoms with van der Waals surface area (Å²) in [5.41, 5.74) is 0.966. The number of carbonyl (C=O) groups is 2. The summed E-state index contributed by atoms with van der Waals surface area (Å²) >= 11 is 3.38. The van der Waals surface area contributed by atoms with E-state index in [1.807, 2.05) is 24.3 Å². The lowest BCUT2D eigenvalue weighted by atomic mass is 10.1. The summed E-state index contributed by atoms with van der Waals surface area (Å²) < 4.78 is 40.1. The number of hydrogen-bond donors (Lipinski definition) is 1. The average molecular weight is 554 g/mol. The van der Waals surface area contributed by atoms with Gasteiger partial charge in [-0.3, -0.25) is 13.9 Å². The monoisotopic (exact) mass is 553 g/mol. The number of halogens is 2. The largest absolute Gasteiger partial charge is 0.352 e. The van der Waals surface area contributed by atoms with Crippen LogP contribution in [0.3, 0.4) is 0 Å². The maximum atomic E-state index is 13.5. The van der Waals surface area contributed by atoms with Crippen molar-refractivity contribution in [1.82, 2.24) is 10.2 Å². The van der Waals surface area contributed by atoms with Gasteiger partial charge in [0.05, 0.1) is 11.9 Å². The molecule has 2 amide bonds. The molecular weight excluding hydrogens is 525 g/mol. The molecule has 1 atom stereocenters. The zero-order valence-electron chi connectivity index (χ0n) is 19.2. The van der Waals surface area contributed by atoms with Crippen LogP contribution in [0.25, 0.3) is 0 Å². The highest BCUT2D eigenvalue weighted by Crippen LogP contribution is 2.21. The van der Waals surface area contributed by atoms with Crippen LogP contribution < -0.4 is 9.62 Å². The Bertz CT molecular complexity index is 1100. The van der Waals surface area contributed by atoms with E-state index in [2.05, 4.69) is 21.2 Å². The van der Waals surface area contributed by atoms with Crippen LogP contribution in [-0.2, 0) is 26.2 Å². The topological polar surface area (TPSA) is 86.8 Å². The molecule has 10 heteroatoms. The second kappa shape index (κ2) is 11.3. The van der Waals surface area contributed by atoms with Gasteiger partial charge >= 0.3 is 0 Å². The highest BCUT2D eigenvalue weighted by Gasteiger charge is 2.31. The summed E-state index contributed by atoms with van der Waals surface area (Å²) in [6.07, 6.45) is 4.92. The molecule has 3 rings (SSSR count). The van der Waals surface area contributed by atoms with E-state index in [0.717, 1.165) is 58.4 Å². The van der Waals surface area contributed by atoms with Crippen molar-refractivity contribution in [2.24, 2.45) is 0 Å². The van der Waals surface area contributed by atoms with Crippen LogP contribution in [0.5, 0.6) is 0 Å². The van der Waals surface area contributed by atoms with Gasteiger partial charge < -0.3 is 10.2 Å². The van der Waals surface area contributed by atoms with Gasteiger partial charge in [-0.2, -0.15) is 0 Å². The summed E-state index contributed by atoms with van der Waals surface area (Å²) in [6, 6.07) is 11.5. The molecule has 0 aromatic heterocycles. The van der Waals surface area contributed by atoms with Gasteiger partial charge in [-0.05, 0) is 61.7 Å². The van der Waals surface area contributed by atoms with Crippen LogP contribution in [0.4, 0.5) is 10.1 Å². The molecule has 1 N–H and O–H groups in total. The molecule has 34 heavy (non-hydrogen) atoms. The number of carbonyl (C=O) groups excluding carboxylic acids is 2. The Balaban J connectivity index is 1.86. The van der Waals surface area contributed by atoms with Crippen LogP contribution in [0.15, 0.2) is 53.0 Å². The second-order valence-electron chi connectivity index (χ2n) is 8.56. The maximum Gasteiger partial charge on any atom is 0.244 e. The molecule has 0 bridgehead atoms. The first-order valence-electron chi connectivity index (χ1n) is 11.1. The Hall–Kier alpha value is -2.46. The fourth-order valence-electron chi connectivity index (χ4n) is 3.98. The molecule has 0 spiro atoms. The molecular formula is C24H29BrFN3O4S. The predicted octanol–water partition coefficient (Wildman–Crippen LogP) is 3.83. The van der Waals surface area contributed by atoms with Gasteiger partial charge in [-0.1, -0.05) is 40.9 Å². The van der Waals surface area contributed by atoms with E-state index in [4.69, 9.17) is 0 Å². The smallest absolute Gasteiger partial charge is 0.244 e. The van der Waals surface area contributed by atoms with Crippen molar-refractivity contribution in [3.8, 4) is 0 Å². The van der Waals surface area contributed by atoms with Crippen LogP contribution >= 0.6 is 15.9 Å². The molecule has 0 saturated heterocycles. The fourth-order valence-corrected chi connectivity index (χ4v) is 5.10. The molecule has 1 fully saturated rings. The van der Waals surface area contributed by atoms with Crippen molar-refractivity contribution in [3.63, 3.8) is 0 Å². The first-order valence-corrected chi connectivity index (χ1v) is 13.8. The number of anilines is 1. The average Bonchev–Trinajstić information content (AvgIpc) is 3.29. The lowest BCUT2D eigenvalue weighted by molar-refractivity contribution is -0.139. The number of amides is 2. The van der Waals surface area contributed by atoms with E-state index in [9.17, 15) is 22.4 Å². The zero-order valence-corrected chi connectivity index (χ0v) is 21.6. The third-order valence-electron chi connectivity index (χ3n) is 5.93. The minimum atomic E-state index is -3.85. The SMILES string of the molecule is CC(C(=O)NC1CCCC1)N(Cc1ccc(Br)cc1)C(=O)CN(c1ccc(F)cc1)S(C)(=O)=O. The summed E-state index contributed by atoms with van der Waals surface area (Å²) in [7, 11) is -3.85. The Kier molecular flexibility index (Phi) is 8.70. The standard InChI is InChI=1S/C24H29BrFN3O4S/c1-17(24(31)27-21-5-3-4-6-21)28(15-18-7-9-19(25)10-8-18)23(30)16-29(34(2,32)33)22-13-11-20(26)12-14-22/h7-14,17,21H,3-6,15-16H2,1-2H3,(H,27,31). The molecule has 1 aliphatic carbocycles. The first-order chi connectivity index (χ1) is 16.0. The van der Waals surface area contributed by atoms with Crippen LogP contribution in [-0.4, -0.2) is 50.0 Å². The van der Waals surface area contributed by atoms with Gasteiger partial charge in [0, 0.05) is 17.1 Å². The van der Waals surface area contributed by atoms with Crippen molar-refractivity contribution in [1.29, 1.82) is 0 Å². The summed E-state index contributed by atoms with van der Waals surface area (Å²) in [6.45, 7) is 1.26. The van der Waals surface area contributed by atoms with Crippen molar-refractivity contribution in [2.45, 2.75) is 51.2 Å². The molecule has 1 unspecified atom stereocenters. The van der Waals surface area contributed by atoms with Crippen LogP contribution in [0.1, 0.15) is 38.2 Å². The number of nitrogens with zero attached hydrogens (tertiary/aromatic N) is 2. The van der Waals surface area contributed by atoms with Crippen LogP contribution in [0.2, 0.25) is 0 Å². The normalized spacial score (nSPS) is 15.1. The summed E-state index contributed by atoms with van der Waals surface area (Å²) in [4.78, 5) is 27.8. The first kappa shape index (κ1) is 26.2. The number of sulfonamides is 1. The number of nitrogens with one attached hydrogen (secondary N) is 1. The van der Waals surface area contributed by atoms with Crippen LogP contribution in [0, 0.1) is 5.82 Å². The molecule has 0 heterocycles. The van der Waals surface area contributed by atoms with Crippen molar-refractivity contribution in [3.05, 3.63) is 64.4 Å². The Morgan fingerprint density at radius 1 is 1.09 bits per heavy atom. The summed E-state index contributed by atoms with van der Waals surface area (Å²) in [5.74, 6) is -1.32. The number of benzene rings is 2. The van der Waals surface area contributed by atoms with Gasteiger partial charge in [0.15, 0.2) is 0 Å². The van der Waals surface area contributed by atoms with Gasteiger partial charge in [-0.25, -0.2) is 12.8 Å². The van der Waals surface area contributed by atoms with Crippen molar-refractivity contribution in [2.75, 3.05) is 17.1 Å². The Morgan fingerprint density at radius 3 is 2.24 bits per heavy atom. The highest BCUT2D eigenvalue weighted by atomic mass is 79.9. The second-order valence-corrected chi connectivity index (χ2v) is 11.4. The van der Waals surface area contributed by atoms with E-state index in [1.165, 1.54) is 17.0 Å². The predicted molar refractivity (Wildman–Crippen MR) is 133 cm³/mol. The van der Waals surface area contributed by atoms with E-state index in [-0.39, 0.29) is 24.2 Å². The highest BCUT2D eigenvalue weighted by molar-refractivity contribution is 9.10. The fraction of sp³-hybridized carbons (Fsp3) is 0.417. The Labute approximate surface area is 208 Å². The number of rotatable bonds is 9. The number of hydrogen-bond acceptors (Lipinski definition) is 4. The van der Waals surface area contributed by atoms with E-state index in [1.54, 1.807) is 6.92 Å². The zero-order chi connectivity index (χ0) is 24.9. The van der Waals surface area contributed by atoms with Gasteiger partial charge in [-0.15, -0.1) is 0 Å². The maximum absolute atomic E-state index is 13.5. The molecule has 2 aromatic carbocycles. The molecule has 7 nitrogen and oxygen atoms in total. The van der Waals surface area contributed by atoms with Crippen molar-refractivity contribution < 1.29 is 22.4 Å². The van der Waals surface area contributed by atoms with Gasteiger partial charge in [0.25, 0.3) is 0 Å². The summed E-state index contributed by atoms with van der Waals surface area (Å²) in [5, 5.41) is 3.02. The molecule has 0 aliphatic heterocycles. The molecule has 0 radical (unpaired) electrons.